The van der Waals surface area contributed by atoms with Crippen LogP contribution in [0.4, 0.5) is 0 Å². The fourth-order valence-corrected chi connectivity index (χ4v) is 1.63. The Kier molecular flexibility index (Phi) is 7.55. The molecule has 0 aliphatic heterocycles. The van der Waals surface area contributed by atoms with Gasteiger partial charge in [-0.1, -0.05) is 20.8 Å². The zero-order chi connectivity index (χ0) is 15.1. The smallest absolute Gasteiger partial charge is 0.310 e. The largest absolute Gasteiger partial charge is 0.463 e. The van der Waals surface area contributed by atoms with Crippen molar-refractivity contribution < 1.29 is 19.4 Å². The Balaban J connectivity index is 4.02. The van der Waals surface area contributed by atoms with Gasteiger partial charge in [0.1, 0.15) is 6.61 Å². The van der Waals surface area contributed by atoms with Crippen LogP contribution >= 0.6 is 0 Å². The molecule has 0 bridgehead atoms. The second-order valence-electron chi connectivity index (χ2n) is 6.63. The first-order chi connectivity index (χ1) is 8.61. The van der Waals surface area contributed by atoms with Gasteiger partial charge >= 0.3 is 5.97 Å². The van der Waals surface area contributed by atoms with E-state index in [-0.39, 0.29) is 37.1 Å². The predicted molar refractivity (Wildman–Crippen MR) is 74.7 cm³/mol. The first-order valence-electron chi connectivity index (χ1n) is 6.73. The molecule has 0 amide bonds. The third-order valence-corrected chi connectivity index (χ3v) is 2.68. The number of hydrogen-bond acceptors (Lipinski definition) is 5. The minimum Gasteiger partial charge on any atom is -0.463 e. The summed E-state index contributed by atoms with van der Waals surface area (Å²) in [5.74, 6) is -0.548. The van der Waals surface area contributed by atoms with Gasteiger partial charge in [-0.05, 0) is 25.7 Å². The Bertz CT molecular complexity index is 271. The van der Waals surface area contributed by atoms with E-state index in [1.165, 1.54) is 0 Å². The van der Waals surface area contributed by atoms with Gasteiger partial charge in [-0.15, -0.1) is 0 Å². The Morgan fingerprint density at radius 3 is 2.21 bits per heavy atom. The van der Waals surface area contributed by atoms with Crippen LogP contribution in [-0.4, -0.2) is 43.0 Å². The van der Waals surface area contributed by atoms with Gasteiger partial charge in [0.05, 0.1) is 24.7 Å². The maximum atomic E-state index is 11.8. The van der Waals surface area contributed by atoms with Gasteiger partial charge in [-0.25, -0.2) is 0 Å². The van der Waals surface area contributed by atoms with Crippen LogP contribution in [-0.2, 0) is 14.3 Å². The second kappa shape index (κ2) is 7.82. The monoisotopic (exact) mass is 275 g/mol. The number of aliphatic hydroxyl groups excluding tert-OH is 1. The number of esters is 1. The van der Waals surface area contributed by atoms with Gasteiger partial charge in [-0.2, -0.15) is 0 Å². The number of aliphatic hydroxyl groups is 1. The van der Waals surface area contributed by atoms with Crippen LogP contribution in [0.5, 0.6) is 0 Å². The van der Waals surface area contributed by atoms with Gasteiger partial charge in [0.15, 0.2) is 0 Å². The summed E-state index contributed by atoms with van der Waals surface area (Å²) < 4.78 is 10.5. The van der Waals surface area contributed by atoms with E-state index >= 15 is 0 Å². The third-order valence-electron chi connectivity index (χ3n) is 2.68. The van der Waals surface area contributed by atoms with Gasteiger partial charge in [-0.3, -0.25) is 4.79 Å². The molecule has 3 N–H and O–H groups in total. The molecule has 0 heterocycles. The predicted octanol–water partition coefficient (Wildman–Crippen LogP) is 1.33. The summed E-state index contributed by atoms with van der Waals surface area (Å²) in [7, 11) is 0. The van der Waals surface area contributed by atoms with E-state index < -0.39 is 5.60 Å². The fourth-order valence-electron chi connectivity index (χ4n) is 1.63. The molecular formula is C14H29NO4. The molecule has 1 atom stereocenters. The van der Waals surface area contributed by atoms with Crippen molar-refractivity contribution >= 4 is 5.97 Å². The minimum atomic E-state index is -0.606. The maximum absolute atomic E-state index is 11.8. The molecule has 0 aromatic rings. The third kappa shape index (κ3) is 8.97. The summed E-state index contributed by atoms with van der Waals surface area (Å²) in [5, 5.41) is 9.01. The second-order valence-corrected chi connectivity index (χ2v) is 6.63. The molecule has 0 spiro atoms. The van der Waals surface area contributed by atoms with Crippen molar-refractivity contribution in [3.63, 3.8) is 0 Å². The highest BCUT2D eigenvalue weighted by Gasteiger charge is 2.25. The number of carbonyl (C=O) groups excluding carboxylic acids is 1. The summed E-state index contributed by atoms with van der Waals surface area (Å²) in [6, 6.07) is 0. The Morgan fingerprint density at radius 1 is 1.21 bits per heavy atom. The van der Waals surface area contributed by atoms with Gasteiger partial charge < -0.3 is 20.3 Å². The molecule has 114 valence electrons. The maximum Gasteiger partial charge on any atom is 0.310 e. The number of carbonyl (C=O) groups is 1. The zero-order valence-electron chi connectivity index (χ0n) is 12.9. The summed E-state index contributed by atoms with van der Waals surface area (Å²) >= 11 is 0. The Labute approximate surface area is 116 Å². The van der Waals surface area contributed by atoms with E-state index in [9.17, 15) is 4.79 Å². The molecule has 0 fully saturated rings. The summed E-state index contributed by atoms with van der Waals surface area (Å²) in [4.78, 5) is 11.8. The Hall–Kier alpha value is -0.650. The molecule has 0 saturated carbocycles. The molecular weight excluding hydrogens is 246 g/mol. The number of rotatable bonds is 8. The number of ether oxygens (including phenoxy) is 2. The van der Waals surface area contributed by atoms with Crippen molar-refractivity contribution in [3.8, 4) is 0 Å². The molecule has 0 aliphatic carbocycles. The van der Waals surface area contributed by atoms with Gasteiger partial charge in [0.25, 0.3) is 0 Å². The first-order valence-corrected chi connectivity index (χ1v) is 6.73. The highest BCUT2D eigenvalue weighted by atomic mass is 16.6. The van der Waals surface area contributed by atoms with Crippen molar-refractivity contribution in [1.82, 2.24) is 0 Å². The van der Waals surface area contributed by atoms with Crippen LogP contribution < -0.4 is 5.73 Å². The highest BCUT2D eigenvalue weighted by molar-refractivity contribution is 5.72. The van der Waals surface area contributed by atoms with Crippen LogP contribution in [0.2, 0.25) is 0 Å². The average Bonchev–Trinajstić information content (AvgIpc) is 2.30. The van der Waals surface area contributed by atoms with E-state index in [0.29, 0.717) is 13.0 Å². The van der Waals surface area contributed by atoms with Crippen LogP contribution in [0, 0.1) is 11.3 Å². The summed E-state index contributed by atoms with van der Waals surface area (Å²) in [5.41, 5.74) is 5.04. The van der Waals surface area contributed by atoms with Crippen LogP contribution in [0.25, 0.3) is 0 Å². The van der Waals surface area contributed by atoms with Crippen molar-refractivity contribution in [2.24, 2.45) is 17.1 Å². The lowest BCUT2D eigenvalue weighted by atomic mass is 9.85. The molecule has 0 aliphatic rings. The van der Waals surface area contributed by atoms with E-state index in [4.69, 9.17) is 20.3 Å². The lowest BCUT2D eigenvalue weighted by Crippen LogP contribution is -2.33. The van der Waals surface area contributed by atoms with Gasteiger partial charge in [0, 0.05) is 6.54 Å². The van der Waals surface area contributed by atoms with Crippen molar-refractivity contribution in [2.45, 2.75) is 46.6 Å². The summed E-state index contributed by atoms with van der Waals surface area (Å²) in [6.45, 7) is 10.4. The molecule has 0 radical (unpaired) electrons. The van der Waals surface area contributed by atoms with Crippen LogP contribution in [0.3, 0.4) is 0 Å². The van der Waals surface area contributed by atoms with Gasteiger partial charge in [0.2, 0.25) is 0 Å². The molecule has 0 aromatic heterocycles. The average molecular weight is 275 g/mol. The molecule has 0 saturated heterocycles. The molecule has 5 heteroatoms. The molecule has 0 rings (SSSR count). The fraction of sp³-hybridized carbons (Fsp3) is 0.929. The SMILES string of the molecule is CC(C)(C)CC(CN)C(=O)OCCOC(C)(C)CO. The quantitative estimate of drug-likeness (QED) is 0.516. The summed E-state index contributed by atoms with van der Waals surface area (Å²) in [6.07, 6.45) is 0.700. The topological polar surface area (TPSA) is 81.8 Å². The number of hydrogen-bond donors (Lipinski definition) is 2. The minimum absolute atomic E-state index is 0.0401. The molecule has 19 heavy (non-hydrogen) atoms. The van der Waals surface area contributed by atoms with E-state index in [1.54, 1.807) is 13.8 Å². The molecule has 0 aromatic carbocycles. The van der Waals surface area contributed by atoms with Crippen molar-refractivity contribution in [2.75, 3.05) is 26.4 Å². The molecule has 1 unspecified atom stereocenters. The highest BCUT2D eigenvalue weighted by Crippen LogP contribution is 2.24. The molecule has 5 nitrogen and oxygen atoms in total. The lowest BCUT2D eigenvalue weighted by Gasteiger charge is -2.25. The number of nitrogens with two attached hydrogens (primary N) is 1. The standard InChI is InChI=1S/C14H29NO4/c1-13(2,3)8-11(9-15)12(17)18-6-7-19-14(4,5)10-16/h11,16H,6-10,15H2,1-5H3. The van der Waals surface area contributed by atoms with E-state index in [2.05, 4.69) is 20.8 Å². The first kappa shape index (κ1) is 18.4. The Morgan fingerprint density at radius 2 is 1.79 bits per heavy atom. The van der Waals surface area contributed by atoms with E-state index in [0.717, 1.165) is 0 Å². The zero-order valence-corrected chi connectivity index (χ0v) is 12.9. The van der Waals surface area contributed by atoms with E-state index in [1.807, 2.05) is 0 Å². The van der Waals surface area contributed by atoms with Crippen LogP contribution in [0.15, 0.2) is 0 Å². The van der Waals surface area contributed by atoms with Crippen LogP contribution in [0.1, 0.15) is 41.0 Å². The normalized spacial score (nSPS) is 14.3. The van der Waals surface area contributed by atoms with Crippen molar-refractivity contribution in [3.05, 3.63) is 0 Å². The van der Waals surface area contributed by atoms with Crippen molar-refractivity contribution in [1.29, 1.82) is 0 Å². The lowest BCUT2D eigenvalue weighted by molar-refractivity contribution is -0.153.